The number of allylic oxidation sites excluding steroid dienone is 1. The van der Waals surface area contributed by atoms with Gasteiger partial charge in [-0.1, -0.05) is 103 Å². The van der Waals surface area contributed by atoms with Crippen molar-refractivity contribution in [2.75, 3.05) is 16.8 Å². The summed E-state index contributed by atoms with van der Waals surface area (Å²) in [6.45, 7) is 0. The summed E-state index contributed by atoms with van der Waals surface area (Å²) in [6.07, 6.45) is 1.80. The fourth-order valence-corrected chi connectivity index (χ4v) is 8.58. The van der Waals surface area contributed by atoms with Gasteiger partial charge < -0.3 is 9.80 Å². The van der Waals surface area contributed by atoms with Crippen LogP contribution in [0.15, 0.2) is 163 Å². The predicted octanol–water partition coefficient (Wildman–Crippen LogP) is 10.5. The Morgan fingerprint density at radius 1 is 0.480 bits per heavy atom. The third kappa shape index (κ3) is 3.76. The number of ketones is 2. The molecule has 0 N–H and O–H groups in total. The number of hydrogen-bond acceptors (Lipinski definition) is 4. The molecule has 10 rings (SSSR count). The number of carbonyl (C=O) groups is 2. The van der Waals surface area contributed by atoms with Crippen molar-refractivity contribution in [3.8, 4) is 0 Å². The minimum atomic E-state index is -0.685. The summed E-state index contributed by atoms with van der Waals surface area (Å²) in [5.41, 5.74) is 11.3. The van der Waals surface area contributed by atoms with E-state index >= 15 is 0 Å². The molecule has 2 aliphatic heterocycles. The summed E-state index contributed by atoms with van der Waals surface area (Å²) in [5.74, 6) is -0.455. The molecule has 0 saturated heterocycles. The van der Waals surface area contributed by atoms with Gasteiger partial charge >= 0.3 is 0 Å². The van der Waals surface area contributed by atoms with Gasteiger partial charge in [-0.05, 0) is 99.3 Å². The molecule has 1 aliphatic carbocycles. The van der Waals surface area contributed by atoms with Gasteiger partial charge in [-0.25, -0.2) is 0 Å². The highest BCUT2D eigenvalue weighted by atomic mass is 16.2. The number of benzene rings is 7. The van der Waals surface area contributed by atoms with Gasteiger partial charge in [0.15, 0.2) is 11.6 Å². The van der Waals surface area contributed by atoms with E-state index in [1.807, 2.05) is 48.5 Å². The number of fused-ring (bicyclic) bond motifs is 10. The molecule has 3 aliphatic rings. The molecule has 236 valence electrons. The van der Waals surface area contributed by atoms with E-state index in [9.17, 15) is 9.59 Å². The van der Waals surface area contributed by atoms with Crippen molar-refractivity contribution in [1.82, 2.24) is 0 Å². The first-order chi connectivity index (χ1) is 24.6. The van der Waals surface area contributed by atoms with Crippen LogP contribution in [0.2, 0.25) is 0 Å². The second-order valence-electron chi connectivity index (χ2n) is 13.3. The zero-order valence-electron chi connectivity index (χ0n) is 27.3. The molecule has 0 aromatic heterocycles. The van der Waals surface area contributed by atoms with Crippen molar-refractivity contribution < 1.29 is 9.59 Å². The maximum atomic E-state index is 13.9. The zero-order valence-corrected chi connectivity index (χ0v) is 27.3. The monoisotopic (exact) mass is 642 g/mol. The van der Waals surface area contributed by atoms with E-state index in [4.69, 9.17) is 0 Å². The molecule has 50 heavy (non-hydrogen) atoms. The van der Waals surface area contributed by atoms with Crippen LogP contribution >= 0.6 is 0 Å². The lowest BCUT2D eigenvalue weighted by Gasteiger charge is -2.50. The summed E-state index contributed by atoms with van der Waals surface area (Å²) < 4.78 is 0. The molecule has 1 spiro atoms. The maximum Gasteiger partial charge on any atom is 0.197 e. The van der Waals surface area contributed by atoms with Crippen molar-refractivity contribution in [2.45, 2.75) is 5.41 Å². The third-order valence-electron chi connectivity index (χ3n) is 10.7. The Morgan fingerprint density at radius 2 is 0.960 bits per heavy atom. The second-order valence-corrected chi connectivity index (χ2v) is 13.3. The molecule has 2 heterocycles. The molecular weight excluding hydrogens is 613 g/mol. The van der Waals surface area contributed by atoms with Crippen LogP contribution in [-0.4, -0.2) is 18.6 Å². The first-order valence-electron chi connectivity index (χ1n) is 16.9. The van der Waals surface area contributed by atoms with E-state index < -0.39 is 5.41 Å². The summed E-state index contributed by atoms with van der Waals surface area (Å²) in [7, 11) is 2.13. The Kier molecular flexibility index (Phi) is 5.98. The molecule has 4 nitrogen and oxygen atoms in total. The molecule has 0 saturated carbocycles. The minimum absolute atomic E-state index is 0.199. The summed E-state index contributed by atoms with van der Waals surface area (Å²) >= 11 is 0. The van der Waals surface area contributed by atoms with Crippen LogP contribution in [-0.2, 0) is 5.41 Å². The fourth-order valence-electron chi connectivity index (χ4n) is 8.58. The number of nitrogens with zero attached hydrogens (tertiary/aromatic N) is 2. The van der Waals surface area contributed by atoms with E-state index in [1.165, 1.54) is 16.7 Å². The first-order valence-corrected chi connectivity index (χ1v) is 16.9. The third-order valence-corrected chi connectivity index (χ3v) is 10.7. The Bertz CT molecular complexity index is 2510. The van der Waals surface area contributed by atoms with Crippen LogP contribution in [0.4, 0.5) is 28.4 Å². The van der Waals surface area contributed by atoms with Crippen LogP contribution in [0, 0.1) is 0 Å². The Labute approximate surface area is 290 Å². The number of anilines is 5. The second kappa shape index (κ2) is 10.5. The SMILES string of the molecule is CN1c2ccccc2C2(c3ccccc31)c1ccccc1N(c1ccccc1)c1ccc(C=C3C(=O)c4cc5ccccc5cc4C3=O)cc12. The Balaban J connectivity index is 1.27. The van der Waals surface area contributed by atoms with Gasteiger partial charge in [0, 0.05) is 35.2 Å². The molecule has 7 aromatic carbocycles. The van der Waals surface area contributed by atoms with Gasteiger partial charge in [0.2, 0.25) is 0 Å². The van der Waals surface area contributed by atoms with Crippen molar-refractivity contribution in [1.29, 1.82) is 0 Å². The number of Topliss-reactive ketones (excluding diaryl/α,β-unsaturated/α-hetero) is 2. The lowest BCUT2D eigenvalue weighted by atomic mass is 9.60. The topological polar surface area (TPSA) is 40.6 Å². The van der Waals surface area contributed by atoms with Gasteiger partial charge in [0.05, 0.1) is 22.4 Å². The van der Waals surface area contributed by atoms with Crippen LogP contribution < -0.4 is 9.80 Å². The summed E-state index contributed by atoms with van der Waals surface area (Å²) in [6, 6.07) is 54.4. The average molecular weight is 643 g/mol. The molecular formula is C46H30N2O2. The lowest BCUT2D eigenvalue weighted by Crippen LogP contribution is -2.42. The quantitative estimate of drug-likeness (QED) is 0.139. The number of para-hydroxylation sites is 4. The Morgan fingerprint density at radius 3 is 1.56 bits per heavy atom. The van der Waals surface area contributed by atoms with E-state index in [0.717, 1.165) is 50.3 Å². The van der Waals surface area contributed by atoms with Gasteiger partial charge in [0.1, 0.15) is 0 Å². The Hall–Kier alpha value is -6.52. The predicted molar refractivity (Wildman–Crippen MR) is 202 cm³/mol. The van der Waals surface area contributed by atoms with Gasteiger partial charge in [0.25, 0.3) is 0 Å². The highest BCUT2D eigenvalue weighted by Gasteiger charge is 2.51. The molecule has 0 unspecified atom stereocenters. The average Bonchev–Trinajstić information content (AvgIpc) is 3.39. The van der Waals surface area contributed by atoms with E-state index in [1.54, 1.807) is 6.08 Å². The number of rotatable bonds is 2. The van der Waals surface area contributed by atoms with Crippen molar-refractivity contribution in [2.24, 2.45) is 0 Å². The van der Waals surface area contributed by atoms with Crippen molar-refractivity contribution in [3.63, 3.8) is 0 Å². The van der Waals surface area contributed by atoms with Gasteiger partial charge in [-0.3, -0.25) is 9.59 Å². The number of carbonyl (C=O) groups excluding carboxylic acids is 2. The molecule has 0 atom stereocenters. The smallest absolute Gasteiger partial charge is 0.197 e. The highest BCUT2D eigenvalue weighted by Crippen LogP contribution is 2.62. The maximum absolute atomic E-state index is 13.9. The minimum Gasteiger partial charge on any atom is -0.344 e. The van der Waals surface area contributed by atoms with Crippen molar-refractivity contribution in [3.05, 3.63) is 202 Å². The normalized spacial score (nSPS) is 15.0. The van der Waals surface area contributed by atoms with Gasteiger partial charge in [-0.2, -0.15) is 0 Å². The summed E-state index contributed by atoms with van der Waals surface area (Å²) in [4.78, 5) is 32.4. The van der Waals surface area contributed by atoms with Gasteiger partial charge in [-0.15, -0.1) is 0 Å². The molecule has 7 aromatic rings. The van der Waals surface area contributed by atoms with Crippen LogP contribution in [0.5, 0.6) is 0 Å². The highest BCUT2D eigenvalue weighted by molar-refractivity contribution is 6.42. The molecule has 0 radical (unpaired) electrons. The summed E-state index contributed by atoms with van der Waals surface area (Å²) in [5, 5.41) is 1.90. The molecule has 0 fully saturated rings. The van der Waals surface area contributed by atoms with Crippen LogP contribution in [0.1, 0.15) is 48.5 Å². The van der Waals surface area contributed by atoms with Crippen molar-refractivity contribution >= 4 is 56.9 Å². The molecule has 0 bridgehead atoms. The molecule has 4 heteroatoms. The van der Waals surface area contributed by atoms with Crippen LogP contribution in [0.3, 0.4) is 0 Å². The number of hydrogen-bond donors (Lipinski definition) is 0. The zero-order chi connectivity index (χ0) is 33.6. The molecule has 0 amide bonds. The fraction of sp³-hybridized carbons (Fsp3) is 0.0435. The standard InChI is InChI=1S/C46H30N2O2/c1-47-40-20-10-7-17-36(40)46(37-18-8-11-21-41(37)47)38-19-9-12-22-42(38)48(32-15-3-2-4-16-32)43-24-23-29(26-39(43)46)25-35-44(49)33-27-30-13-5-6-14-31(30)28-34(33)45(35)50/h2-28H,1H3. The lowest BCUT2D eigenvalue weighted by molar-refractivity contribution is 0.0990. The first kappa shape index (κ1) is 28.5. The van der Waals surface area contributed by atoms with E-state index in [2.05, 4.69) is 126 Å². The van der Waals surface area contributed by atoms with Crippen LogP contribution in [0.25, 0.3) is 16.8 Å². The largest absolute Gasteiger partial charge is 0.344 e. The van der Waals surface area contributed by atoms with E-state index in [0.29, 0.717) is 11.1 Å². The van der Waals surface area contributed by atoms with E-state index in [-0.39, 0.29) is 17.1 Å².